The zero-order chi connectivity index (χ0) is 28.4. The lowest BCUT2D eigenvalue weighted by Crippen LogP contribution is -2.52. The number of alkyl halides is 3. The SMILES string of the molecule is CC(C)C[C@H](N[C@@H](c1ccc(-c2c(F)cccc2F)cc1)C(F)(F)F)C(=O)N[C@@]1(C#N)C[C@@H]1c1ccccc1. The predicted octanol–water partition coefficient (Wildman–Crippen LogP) is 6.81. The maximum Gasteiger partial charge on any atom is 0.407 e. The normalized spacial score (nSPS) is 20.2. The van der Waals surface area contributed by atoms with E-state index < -0.39 is 41.3 Å². The van der Waals surface area contributed by atoms with Gasteiger partial charge in [0.2, 0.25) is 5.91 Å². The topological polar surface area (TPSA) is 64.9 Å². The minimum atomic E-state index is -4.78. The van der Waals surface area contributed by atoms with E-state index in [1.165, 1.54) is 18.2 Å². The molecule has 9 heteroatoms. The lowest BCUT2D eigenvalue weighted by Gasteiger charge is -2.29. The minimum Gasteiger partial charge on any atom is -0.336 e. The van der Waals surface area contributed by atoms with Crippen LogP contribution in [0.4, 0.5) is 22.0 Å². The molecule has 3 aromatic rings. The lowest BCUT2D eigenvalue weighted by atomic mass is 9.97. The molecule has 4 nitrogen and oxygen atoms in total. The number of carbonyl (C=O) groups excluding carboxylic acids is 1. The Kier molecular flexibility index (Phi) is 8.07. The molecule has 1 amide bonds. The van der Waals surface area contributed by atoms with Crippen LogP contribution in [-0.2, 0) is 4.79 Å². The first-order valence-electron chi connectivity index (χ1n) is 12.6. The Morgan fingerprint density at radius 2 is 1.62 bits per heavy atom. The van der Waals surface area contributed by atoms with Gasteiger partial charge < -0.3 is 5.32 Å². The number of halogens is 5. The maximum atomic E-state index is 14.3. The average Bonchev–Trinajstić information content (AvgIpc) is 3.61. The van der Waals surface area contributed by atoms with Gasteiger partial charge in [-0.05, 0) is 47.6 Å². The van der Waals surface area contributed by atoms with E-state index in [9.17, 15) is 32.0 Å². The zero-order valence-electron chi connectivity index (χ0n) is 21.4. The summed E-state index contributed by atoms with van der Waals surface area (Å²) < 4.78 is 71.1. The van der Waals surface area contributed by atoms with Crippen LogP contribution in [0.1, 0.15) is 49.8 Å². The molecular formula is C30H28F5N3O. The Morgan fingerprint density at radius 1 is 1.00 bits per heavy atom. The minimum absolute atomic E-state index is 0.0865. The van der Waals surface area contributed by atoms with Crippen molar-refractivity contribution in [3.05, 3.63) is 95.6 Å². The van der Waals surface area contributed by atoms with Crippen LogP contribution < -0.4 is 10.6 Å². The van der Waals surface area contributed by atoms with E-state index >= 15 is 0 Å². The van der Waals surface area contributed by atoms with E-state index in [2.05, 4.69) is 16.7 Å². The lowest BCUT2D eigenvalue weighted by molar-refractivity contribution is -0.161. The van der Waals surface area contributed by atoms with Crippen LogP contribution in [0.2, 0.25) is 0 Å². The fourth-order valence-corrected chi connectivity index (χ4v) is 4.87. The Labute approximate surface area is 223 Å². The maximum absolute atomic E-state index is 14.3. The van der Waals surface area contributed by atoms with Gasteiger partial charge in [-0.15, -0.1) is 0 Å². The Hall–Kier alpha value is -3.77. The van der Waals surface area contributed by atoms with Gasteiger partial charge in [0.05, 0.1) is 17.7 Å². The highest BCUT2D eigenvalue weighted by molar-refractivity contribution is 5.84. The summed E-state index contributed by atoms with van der Waals surface area (Å²) in [7, 11) is 0. The van der Waals surface area contributed by atoms with E-state index in [4.69, 9.17) is 0 Å². The molecule has 0 radical (unpaired) electrons. The molecule has 0 heterocycles. The van der Waals surface area contributed by atoms with Gasteiger partial charge in [0.25, 0.3) is 0 Å². The quantitative estimate of drug-likeness (QED) is 0.293. The summed E-state index contributed by atoms with van der Waals surface area (Å²) in [5.74, 6) is -2.74. The molecule has 4 rings (SSSR count). The molecule has 1 saturated carbocycles. The smallest absolute Gasteiger partial charge is 0.336 e. The monoisotopic (exact) mass is 541 g/mol. The third kappa shape index (κ3) is 6.28. The van der Waals surface area contributed by atoms with Crippen LogP contribution >= 0.6 is 0 Å². The molecule has 2 N–H and O–H groups in total. The summed E-state index contributed by atoms with van der Waals surface area (Å²) in [4.78, 5) is 13.3. The fourth-order valence-electron chi connectivity index (χ4n) is 4.87. The van der Waals surface area contributed by atoms with E-state index in [1.807, 2.05) is 30.3 Å². The summed E-state index contributed by atoms with van der Waals surface area (Å²) in [6, 6.07) is 15.9. The number of carbonyl (C=O) groups is 1. The number of benzene rings is 3. The number of amides is 1. The second-order valence-electron chi connectivity index (χ2n) is 10.3. The van der Waals surface area contributed by atoms with Gasteiger partial charge in [-0.3, -0.25) is 10.1 Å². The molecular weight excluding hydrogens is 513 g/mol. The van der Waals surface area contributed by atoms with Crippen molar-refractivity contribution in [2.45, 2.75) is 56.4 Å². The zero-order valence-corrected chi connectivity index (χ0v) is 21.4. The predicted molar refractivity (Wildman–Crippen MR) is 137 cm³/mol. The van der Waals surface area contributed by atoms with Crippen molar-refractivity contribution in [2.75, 3.05) is 0 Å². The summed E-state index contributed by atoms with van der Waals surface area (Å²) in [5, 5.41) is 15.0. The fraction of sp³-hybridized carbons (Fsp3) is 0.333. The number of nitrogens with zero attached hydrogens (tertiary/aromatic N) is 1. The van der Waals surface area contributed by atoms with Crippen LogP contribution in [0.3, 0.4) is 0 Å². The van der Waals surface area contributed by atoms with Crippen molar-refractivity contribution in [2.24, 2.45) is 5.92 Å². The molecule has 204 valence electrons. The number of hydrogen-bond donors (Lipinski definition) is 2. The van der Waals surface area contributed by atoms with E-state index in [-0.39, 0.29) is 34.9 Å². The largest absolute Gasteiger partial charge is 0.407 e. The third-order valence-electron chi connectivity index (χ3n) is 6.92. The first-order valence-corrected chi connectivity index (χ1v) is 12.6. The average molecular weight is 542 g/mol. The Morgan fingerprint density at radius 3 is 2.15 bits per heavy atom. The van der Waals surface area contributed by atoms with Crippen LogP contribution in [-0.4, -0.2) is 23.7 Å². The molecule has 4 atom stereocenters. The highest BCUT2D eigenvalue weighted by Gasteiger charge is 2.57. The number of nitriles is 1. The second-order valence-corrected chi connectivity index (χ2v) is 10.3. The summed E-state index contributed by atoms with van der Waals surface area (Å²) in [6.45, 7) is 3.57. The third-order valence-corrected chi connectivity index (χ3v) is 6.92. The van der Waals surface area contributed by atoms with E-state index in [0.717, 1.165) is 29.8 Å². The molecule has 1 fully saturated rings. The van der Waals surface area contributed by atoms with Crippen molar-refractivity contribution in [3.63, 3.8) is 0 Å². The highest BCUT2D eigenvalue weighted by atomic mass is 19.4. The highest BCUT2D eigenvalue weighted by Crippen LogP contribution is 2.51. The first-order chi connectivity index (χ1) is 18.4. The molecule has 0 bridgehead atoms. The van der Waals surface area contributed by atoms with Crippen molar-refractivity contribution in [1.29, 1.82) is 5.26 Å². The molecule has 3 aromatic carbocycles. The second kappa shape index (κ2) is 11.1. The van der Waals surface area contributed by atoms with Crippen LogP contribution in [0.25, 0.3) is 11.1 Å². The molecule has 0 aliphatic heterocycles. The first kappa shape index (κ1) is 28.2. The molecule has 0 saturated heterocycles. The number of hydrogen-bond acceptors (Lipinski definition) is 3. The summed E-state index contributed by atoms with van der Waals surface area (Å²) >= 11 is 0. The van der Waals surface area contributed by atoms with E-state index in [0.29, 0.717) is 6.42 Å². The Balaban J connectivity index is 1.57. The molecule has 1 aliphatic rings. The number of nitrogens with one attached hydrogen (secondary N) is 2. The van der Waals surface area contributed by atoms with Gasteiger partial charge >= 0.3 is 6.18 Å². The van der Waals surface area contributed by atoms with Gasteiger partial charge in [-0.2, -0.15) is 18.4 Å². The molecule has 0 unspecified atom stereocenters. The van der Waals surface area contributed by atoms with E-state index in [1.54, 1.807) is 13.8 Å². The molecule has 39 heavy (non-hydrogen) atoms. The summed E-state index contributed by atoms with van der Waals surface area (Å²) in [6.07, 6.45) is -4.32. The summed E-state index contributed by atoms with van der Waals surface area (Å²) in [5.41, 5.74) is -0.783. The van der Waals surface area contributed by atoms with Crippen molar-refractivity contribution < 1.29 is 26.7 Å². The van der Waals surface area contributed by atoms with Gasteiger partial charge in [0.1, 0.15) is 23.2 Å². The molecule has 1 aliphatic carbocycles. The molecule has 0 spiro atoms. The standard InChI is InChI=1S/C30H28F5N3O/c1-18(2)15-25(28(39)38-29(17-36)16-22(29)19-7-4-3-5-8-19)37-27(30(33,34)35)21-13-11-20(12-14-21)26-23(31)9-6-10-24(26)32/h3-14,18,22,25,27,37H,15-16H2,1-2H3,(H,38,39)/t22-,25+,27+,29-/m1/s1. The molecule has 0 aromatic heterocycles. The van der Waals surface area contributed by atoms with Gasteiger partial charge in [0.15, 0.2) is 0 Å². The Bertz CT molecular complexity index is 1330. The van der Waals surface area contributed by atoms with Crippen LogP contribution in [0, 0.1) is 28.9 Å². The van der Waals surface area contributed by atoms with Gasteiger partial charge in [-0.25, -0.2) is 8.78 Å². The van der Waals surface area contributed by atoms with Crippen LogP contribution in [0.15, 0.2) is 72.8 Å². The number of rotatable bonds is 9. The van der Waals surface area contributed by atoms with Crippen LogP contribution in [0.5, 0.6) is 0 Å². The van der Waals surface area contributed by atoms with Crippen molar-refractivity contribution in [3.8, 4) is 17.2 Å². The van der Waals surface area contributed by atoms with Crippen molar-refractivity contribution >= 4 is 5.91 Å². The van der Waals surface area contributed by atoms with Crippen molar-refractivity contribution in [1.82, 2.24) is 10.6 Å². The van der Waals surface area contributed by atoms with Gasteiger partial charge in [0, 0.05) is 5.92 Å². The van der Waals surface area contributed by atoms with Gasteiger partial charge in [-0.1, -0.05) is 74.5 Å².